The van der Waals surface area contributed by atoms with Crippen LogP contribution >= 0.6 is 0 Å². The molecule has 1 fully saturated rings. The fourth-order valence-electron chi connectivity index (χ4n) is 3.00. The predicted octanol–water partition coefficient (Wildman–Crippen LogP) is 4.36. The van der Waals surface area contributed by atoms with Crippen molar-refractivity contribution in [2.75, 3.05) is 6.54 Å². The monoisotopic (exact) mass is 368 g/mol. The van der Waals surface area contributed by atoms with E-state index in [2.05, 4.69) is 0 Å². The van der Waals surface area contributed by atoms with Crippen molar-refractivity contribution in [1.82, 2.24) is 10.0 Å². The molecule has 142 valence electrons. The van der Waals surface area contributed by atoms with Gasteiger partial charge in [0.15, 0.2) is 0 Å². The fourth-order valence-corrected chi connectivity index (χ4v) is 3.00. The molecule has 1 aliphatic heterocycles. The summed E-state index contributed by atoms with van der Waals surface area (Å²) in [6.45, 7) is 2.84. The van der Waals surface area contributed by atoms with E-state index in [0.29, 0.717) is 6.54 Å². The number of benzene rings is 2. The third-order valence-corrected chi connectivity index (χ3v) is 4.42. The Kier molecular flexibility index (Phi) is 6.30. The van der Waals surface area contributed by atoms with Crippen molar-refractivity contribution in [1.29, 1.82) is 0 Å². The average Bonchev–Trinajstić information content (AvgIpc) is 2.69. The van der Waals surface area contributed by atoms with E-state index in [1.807, 2.05) is 67.6 Å². The Morgan fingerprint density at radius 3 is 1.93 bits per heavy atom. The molecule has 0 saturated carbocycles. The molecule has 0 spiro atoms. The number of hydrogen-bond acceptors (Lipinski definition) is 4. The largest absolute Gasteiger partial charge is 0.443 e. The van der Waals surface area contributed by atoms with E-state index in [1.54, 1.807) is 0 Å². The Morgan fingerprint density at radius 2 is 1.41 bits per heavy atom. The lowest BCUT2D eigenvalue weighted by Crippen LogP contribution is -2.68. The van der Waals surface area contributed by atoms with Crippen LogP contribution in [0.25, 0.3) is 0 Å². The molecule has 6 nitrogen and oxygen atoms in total. The van der Waals surface area contributed by atoms with E-state index >= 15 is 0 Å². The van der Waals surface area contributed by atoms with Crippen LogP contribution in [0.15, 0.2) is 60.7 Å². The summed E-state index contributed by atoms with van der Waals surface area (Å²) in [5.74, 6) is 0. The van der Waals surface area contributed by atoms with Gasteiger partial charge in [0, 0.05) is 0 Å². The van der Waals surface area contributed by atoms with Crippen molar-refractivity contribution in [3.8, 4) is 0 Å². The highest BCUT2D eigenvalue weighted by atomic mass is 16.6. The molecular weight excluding hydrogens is 344 g/mol. The molecule has 1 atom stereocenters. The van der Waals surface area contributed by atoms with E-state index in [-0.39, 0.29) is 19.3 Å². The third-order valence-electron chi connectivity index (χ3n) is 4.42. The van der Waals surface area contributed by atoms with Gasteiger partial charge >= 0.3 is 12.2 Å². The SMILES string of the molecule is CCCC1CN(C(=O)OCc2ccccc2)N1C(=O)OCc1ccccc1. The number of ether oxygens (including phenoxy) is 2. The smallest absolute Gasteiger partial charge is 0.429 e. The zero-order chi connectivity index (χ0) is 19.1. The van der Waals surface area contributed by atoms with Crippen LogP contribution in [0.5, 0.6) is 0 Å². The highest BCUT2D eigenvalue weighted by molar-refractivity contribution is 5.76. The van der Waals surface area contributed by atoms with Crippen molar-refractivity contribution in [3.63, 3.8) is 0 Å². The maximum absolute atomic E-state index is 12.5. The van der Waals surface area contributed by atoms with E-state index in [0.717, 1.165) is 24.0 Å². The quantitative estimate of drug-likeness (QED) is 0.760. The van der Waals surface area contributed by atoms with E-state index in [9.17, 15) is 9.59 Å². The van der Waals surface area contributed by atoms with Gasteiger partial charge in [0.05, 0.1) is 12.6 Å². The second-order valence-corrected chi connectivity index (χ2v) is 6.45. The number of carbonyl (C=O) groups is 2. The number of carbonyl (C=O) groups excluding carboxylic acids is 2. The number of hydrazine groups is 1. The van der Waals surface area contributed by atoms with Gasteiger partial charge in [-0.05, 0) is 17.5 Å². The molecule has 1 unspecified atom stereocenters. The van der Waals surface area contributed by atoms with Crippen LogP contribution in [-0.4, -0.2) is 34.8 Å². The number of hydrogen-bond donors (Lipinski definition) is 0. The van der Waals surface area contributed by atoms with Crippen molar-refractivity contribution >= 4 is 12.2 Å². The van der Waals surface area contributed by atoms with Crippen LogP contribution in [0, 0.1) is 0 Å². The van der Waals surface area contributed by atoms with Crippen LogP contribution in [0.2, 0.25) is 0 Å². The Morgan fingerprint density at radius 1 is 0.889 bits per heavy atom. The second-order valence-electron chi connectivity index (χ2n) is 6.45. The molecule has 6 heteroatoms. The van der Waals surface area contributed by atoms with Gasteiger partial charge in [-0.3, -0.25) is 0 Å². The van der Waals surface area contributed by atoms with E-state index in [1.165, 1.54) is 10.0 Å². The standard InChI is InChI=1S/C21H24N2O4/c1-2-9-19-14-22(20(24)26-15-17-10-5-3-6-11-17)23(19)21(25)27-16-18-12-7-4-8-13-18/h3-8,10-13,19H,2,9,14-16H2,1H3. The molecule has 27 heavy (non-hydrogen) atoms. The highest BCUT2D eigenvalue weighted by Crippen LogP contribution is 2.25. The average molecular weight is 368 g/mol. The van der Waals surface area contributed by atoms with Crippen LogP contribution in [0.4, 0.5) is 9.59 Å². The Balaban J connectivity index is 1.57. The Hall–Kier alpha value is -3.02. The highest BCUT2D eigenvalue weighted by Gasteiger charge is 2.44. The number of amides is 2. The van der Waals surface area contributed by atoms with Gasteiger partial charge < -0.3 is 9.47 Å². The minimum Gasteiger partial charge on any atom is -0.443 e. The minimum absolute atomic E-state index is 0.0393. The maximum atomic E-state index is 12.5. The van der Waals surface area contributed by atoms with Crippen molar-refractivity contribution in [2.24, 2.45) is 0 Å². The molecule has 0 radical (unpaired) electrons. The molecule has 1 aliphatic rings. The predicted molar refractivity (Wildman–Crippen MR) is 100 cm³/mol. The van der Waals surface area contributed by atoms with Gasteiger partial charge in [-0.2, -0.15) is 0 Å². The molecule has 1 heterocycles. The molecular formula is C21H24N2O4. The van der Waals surface area contributed by atoms with E-state index in [4.69, 9.17) is 9.47 Å². The zero-order valence-electron chi connectivity index (χ0n) is 15.4. The van der Waals surface area contributed by atoms with Gasteiger partial charge in [-0.1, -0.05) is 74.0 Å². The van der Waals surface area contributed by atoms with Crippen LogP contribution < -0.4 is 0 Å². The third kappa shape index (κ3) is 4.78. The van der Waals surface area contributed by atoms with Crippen LogP contribution in [-0.2, 0) is 22.7 Å². The van der Waals surface area contributed by atoms with E-state index < -0.39 is 12.2 Å². The maximum Gasteiger partial charge on any atom is 0.429 e. The number of nitrogens with zero attached hydrogens (tertiary/aromatic N) is 2. The van der Waals surface area contributed by atoms with Gasteiger partial charge in [-0.15, -0.1) is 0 Å². The molecule has 0 aromatic heterocycles. The summed E-state index contributed by atoms with van der Waals surface area (Å²) in [4.78, 5) is 24.9. The van der Waals surface area contributed by atoms with Gasteiger partial charge in [0.2, 0.25) is 0 Å². The van der Waals surface area contributed by atoms with Gasteiger partial charge in [0.1, 0.15) is 13.2 Å². The molecule has 2 aromatic rings. The lowest BCUT2D eigenvalue weighted by atomic mass is 10.1. The summed E-state index contributed by atoms with van der Waals surface area (Å²) in [5, 5.41) is 2.69. The fraction of sp³-hybridized carbons (Fsp3) is 0.333. The summed E-state index contributed by atoms with van der Waals surface area (Å²) < 4.78 is 10.7. The van der Waals surface area contributed by atoms with Gasteiger partial charge in [0.25, 0.3) is 0 Å². The Labute approximate surface area is 159 Å². The first-order chi connectivity index (χ1) is 13.2. The van der Waals surface area contributed by atoms with Crippen LogP contribution in [0.1, 0.15) is 30.9 Å². The molecule has 0 N–H and O–H groups in total. The molecule has 0 aliphatic carbocycles. The molecule has 3 rings (SSSR count). The van der Waals surface area contributed by atoms with Gasteiger partial charge in [-0.25, -0.2) is 19.6 Å². The molecule has 2 amide bonds. The first-order valence-electron chi connectivity index (χ1n) is 9.17. The lowest BCUT2D eigenvalue weighted by Gasteiger charge is -2.48. The van der Waals surface area contributed by atoms with Crippen LogP contribution in [0.3, 0.4) is 0 Å². The molecule has 1 saturated heterocycles. The molecule has 2 aromatic carbocycles. The number of rotatable bonds is 6. The summed E-state index contributed by atoms with van der Waals surface area (Å²) in [6.07, 6.45) is 0.659. The summed E-state index contributed by atoms with van der Waals surface area (Å²) in [7, 11) is 0. The zero-order valence-corrected chi connectivity index (χ0v) is 15.4. The first-order valence-corrected chi connectivity index (χ1v) is 9.17. The summed E-state index contributed by atoms with van der Waals surface area (Å²) in [5.41, 5.74) is 1.80. The normalized spacial score (nSPS) is 15.8. The summed E-state index contributed by atoms with van der Waals surface area (Å²) in [6, 6.07) is 18.9. The second kappa shape index (κ2) is 9.07. The van der Waals surface area contributed by atoms with Crippen molar-refractivity contribution in [2.45, 2.75) is 39.0 Å². The van der Waals surface area contributed by atoms with Crippen molar-refractivity contribution < 1.29 is 19.1 Å². The molecule has 0 bridgehead atoms. The van der Waals surface area contributed by atoms with Crippen molar-refractivity contribution in [3.05, 3.63) is 71.8 Å². The Bertz CT molecular complexity index is 751. The topological polar surface area (TPSA) is 59.1 Å². The first kappa shape index (κ1) is 18.8. The summed E-state index contributed by atoms with van der Waals surface area (Å²) >= 11 is 0. The minimum atomic E-state index is -0.539. The lowest BCUT2D eigenvalue weighted by molar-refractivity contribution is -0.125.